The van der Waals surface area contributed by atoms with Crippen molar-refractivity contribution in [3.63, 3.8) is 0 Å². The van der Waals surface area contributed by atoms with Crippen LogP contribution in [0.15, 0.2) is 35.1 Å². The van der Waals surface area contributed by atoms with Gasteiger partial charge in [0.2, 0.25) is 12.3 Å². The molecule has 1 aromatic carbocycles. The lowest BCUT2D eigenvalue weighted by molar-refractivity contribution is 0.122. The summed E-state index contributed by atoms with van der Waals surface area (Å²) in [5.41, 5.74) is 1.43. The molecule has 1 aliphatic rings. The molecular formula is C16H20N4O3. The van der Waals surface area contributed by atoms with E-state index >= 15 is 0 Å². The second-order valence-corrected chi connectivity index (χ2v) is 5.58. The molecule has 1 heterocycles. The third kappa shape index (κ3) is 5.07. The predicted octanol–water partition coefficient (Wildman–Crippen LogP) is 2.67. The number of nitrogens with one attached hydrogen (secondary N) is 2. The van der Waals surface area contributed by atoms with Crippen molar-refractivity contribution in [2.75, 3.05) is 25.1 Å². The van der Waals surface area contributed by atoms with Crippen molar-refractivity contribution in [3.8, 4) is 11.5 Å². The summed E-state index contributed by atoms with van der Waals surface area (Å²) in [5, 5.41) is 13.1. The summed E-state index contributed by atoms with van der Waals surface area (Å²) in [6.07, 6.45) is 4.67. The lowest BCUT2D eigenvalue weighted by Crippen LogP contribution is -2.30. The molecule has 2 amide bonds. The Kier molecular flexibility index (Phi) is 5.21. The molecule has 3 rings (SSSR count). The van der Waals surface area contributed by atoms with Crippen molar-refractivity contribution < 1.29 is 13.9 Å². The average Bonchev–Trinajstić information content (AvgIpc) is 3.21. The van der Waals surface area contributed by atoms with Crippen molar-refractivity contribution in [3.05, 3.63) is 30.7 Å². The van der Waals surface area contributed by atoms with E-state index in [4.69, 9.17) is 9.15 Å². The van der Waals surface area contributed by atoms with E-state index in [1.165, 1.54) is 19.2 Å². The zero-order valence-electron chi connectivity index (χ0n) is 12.8. The largest absolute Gasteiger partial charge is 0.423 e. The van der Waals surface area contributed by atoms with Crippen molar-refractivity contribution in [2.24, 2.45) is 5.92 Å². The molecule has 2 N–H and O–H groups in total. The maximum Gasteiger partial charge on any atom is 0.319 e. The Hall–Kier alpha value is -2.41. The number of amides is 2. The van der Waals surface area contributed by atoms with E-state index in [0.29, 0.717) is 24.7 Å². The summed E-state index contributed by atoms with van der Waals surface area (Å²) in [4.78, 5) is 11.8. The first kappa shape index (κ1) is 15.5. The van der Waals surface area contributed by atoms with Crippen LogP contribution in [0.1, 0.15) is 19.3 Å². The van der Waals surface area contributed by atoms with Crippen LogP contribution in [-0.4, -0.2) is 36.0 Å². The molecule has 0 unspecified atom stereocenters. The Morgan fingerprint density at radius 1 is 1.39 bits per heavy atom. The number of rotatable bonds is 8. The van der Waals surface area contributed by atoms with E-state index in [9.17, 15) is 4.79 Å². The van der Waals surface area contributed by atoms with Crippen LogP contribution >= 0.6 is 0 Å². The zero-order chi connectivity index (χ0) is 15.9. The van der Waals surface area contributed by atoms with E-state index in [1.54, 1.807) is 12.1 Å². The van der Waals surface area contributed by atoms with Gasteiger partial charge in [-0.25, -0.2) is 4.79 Å². The minimum Gasteiger partial charge on any atom is -0.423 e. The summed E-state index contributed by atoms with van der Waals surface area (Å²) < 4.78 is 10.7. The summed E-state index contributed by atoms with van der Waals surface area (Å²) in [6, 6.07) is 7.01. The van der Waals surface area contributed by atoms with Gasteiger partial charge in [0, 0.05) is 31.0 Å². The highest BCUT2D eigenvalue weighted by molar-refractivity contribution is 5.89. The second kappa shape index (κ2) is 7.73. The van der Waals surface area contributed by atoms with Crippen molar-refractivity contribution in [1.29, 1.82) is 0 Å². The predicted molar refractivity (Wildman–Crippen MR) is 84.9 cm³/mol. The Morgan fingerprint density at radius 3 is 3.09 bits per heavy atom. The number of ether oxygens (including phenoxy) is 1. The van der Waals surface area contributed by atoms with Gasteiger partial charge in [-0.15, -0.1) is 10.2 Å². The highest BCUT2D eigenvalue weighted by Crippen LogP contribution is 2.28. The van der Waals surface area contributed by atoms with Crippen LogP contribution in [-0.2, 0) is 4.74 Å². The van der Waals surface area contributed by atoms with Crippen LogP contribution in [0.4, 0.5) is 10.5 Å². The Labute approximate surface area is 134 Å². The van der Waals surface area contributed by atoms with E-state index in [2.05, 4.69) is 20.8 Å². The molecule has 1 aliphatic carbocycles. The highest BCUT2D eigenvalue weighted by Gasteiger charge is 2.20. The van der Waals surface area contributed by atoms with Gasteiger partial charge < -0.3 is 19.8 Å². The van der Waals surface area contributed by atoms with Gasteiger partial charge in [0.15, 0.2) is 0 Å². The fourth-order valence-corrected chi connectivity index (χ4v) is 2.11. The molecule has 1 saturated carbocycles. The lowest BCUT2D eigenvalue weighted by atomic mass is 10.2. The SMILES string of the molecule is O=C(NCCCOCC1CC1)Nc1cccc(-c2nnco2)c1. The molecule has 1 fully saturated rings. The van der Waals surface area contributed by atoms with Gasteiger partial charge in [0.25, 0.3) is 0 Å². The number of hydrogen-bond acceptors (Lipinski definition) is 5. The van der Waals surface area contributed by atoms with Gasteiger partial charge in [-0.1, -0.05) is 6.07 Å². The van der Waals surface area contributed by atoms with Crippen LogP contribution in [0.2, 0.25) is 0 Å². The highest BCUT2D eigenvalue weighted by atomic mass is 16.5. The quantitative estimate of drug-likeness (QED) is 0.731. The van der Waals surface area contributed by atoms with Crippen LogP contribution in [0.3, 0.4) is 0 Å². The molecule has 0 spiro atoms. The number of urea groups is 1. The number of aromatic nitrogens is 2. The summed E-state index contributed by atoms with van der Waals surface area (Å²) in [6.45, 7) is 2.12. The molecular weight excluding hydrogens is 296 g/mol. The molecule has 0 atom stereocenters. The lowest BCUT2D eigenvalue weighted by Gasteiger charge is -2.08. The van der Waals surface area contributed by atoms with E-state index in [1.807, 2.05) is 12.1 Å². The minimum absolute atomic E-state index is 0.241. The van der Waals surface area contributed by atoms with Gasteiger partial charge in [0.1, 0.15) is 0 Å². The Bertz CT molecular complexity index is 626. The number of benzene rings is 1. The number of carbonyl (C=O) groups excluding carboxylic acids is 1. The fraction of sp³-hybridized carbons (Fsp3) is 0.438. The van der Waals surface area contributed by atoms with Crippen molar-refractivity contribution in [2.45, 2.75) is 19.3 Å². The monoisotopic (exact) mass is 316 g/mol. The molecule has 0 saturated heterocycles. The molecule has 2 aromatic rings. The smallest absolute Gasteiger partial charge is 0.319 e. The fourth-order valence-electron chi connectivity index (χ4n) is 2.11. The molecule has 0 bridgehead atoms. The minimum atomic E-state index is -0.241. The number of carbonyl (C=O) groups is 1. The van der Waals surface area contributed by atoms with E-state index in [0.717, 1.165) is 24.5 Å². The summed E-state index contributed by atoms with van der Waals surface area (Å²) in [5.74, 6) is 1.19. The van der Waals surface area contributed by atoms with E-state index < -0.39 is 0 Å². The number of hydrogen-bond donors (Lipinski definition) is 2. The first-order chi connectivity index (χ1) is 11.3. The second-order valence-electron chi connectivity index (χ2n) is 5.58. The summed E-state index contributed by atoms with van der Waals surface area (Å²) in [7, 11) is 0. The molecule has 1 aromatic heterocycles. The molecule has 0 radical (unpaired) electrons. The van der Waals surface area contributed by atoms with Gasteiger partial charge in [-0.3, -0.25) is 0 Å². The number of nitrogens with zero attached hydrogens (tertiary/aromatic N) is 2. The van der Waals surface area contributed by atoms with E-state index in [-0.39, 0.29) is 6.03 Å². The van der Waals surface area contributed by atoms with Crippen molar-refractivity contribution >= 4 is 11.7 Å². The van der Waals surface area contributed by atoms with Gasteiger partial charge >= 0.3 is 6.03 Å². The standard InChI is InChI=1S/C16H20N4O3/c21-16(17-7-2-8-22-10-12-5-6-12)19-14-4-1-3-13(9-14)15-20-18-11-23-15/h1,3-4,9,11-12H,2,5-8,10H2,(H2,17,19,21). The summed E-state index contributed by atoms with van der Waals surface area (Å²) >= 11 is 0. The Balaban J connectivity index is 1.38. The van der Waals surface area contributed by atoms with Gasteiger partial charge in [-0.05, 0) is 43.4 Å². The third-order valence-electron chi connectivity index (χ3n) is 3.53. The molecule has 7 heteroatoms. The van der Waals surface area contributed by atoms with Crippen LogP contribution in [0.5, 0.6) is 0 Å². The van der Waals surface area contributed by atoms with Gasteiger partial charge in [-0.2, -0.15) is 0 Å². The van der Waals surface area contributed by atoms with Crippen molar-refractivity contribution in [1.82, 2.24) is 15.5 Å². The Morgan fingerprint density at radius 2 is 2.30 bits per heavy atom. The number of anilines is 1. The molecule has 0 aliphatic heterocycles. The van der Waals surface area contributed by atoms with Gasteiger partial charge in [0.05, 0.1) is 0 Å². The van der Waals surface area contributed by atoms with Crippen LogP contribution < -0.4 is 10.6 Å². The average molecular weight is 316 g/mol. The van der Waals surface area contributed by atoms with Crippen LogP contribution in [0.25, 0.3) is 11.5 Å². The zero-order valence-corrected chi connectivity index (χ0v) is 12.8. The maximum absolute atomic E-state index is 11.8. The van der Waals surface area contributed by atoms with Crippen LogP contribution in [0, 0.1) is 5.92 Å². The first-order valence-electron chi connectivity index (χ1n) is 7.80. The normalized spacial score (nSPS) is 13.7. The molecule has 122 valence electrons. The molecule has 23 heavy (non-hydrogen) atoms. The maximum atomic E-state index is 11.8. The topological polar surface area (TPSA) is 89.3 Å². The third-order valence-corrected chi connectivity index (χ3v) is 3.53. The molecule has 7 nitrogen and oxygen atoms in total. The first-order valence-corrected chi connectivity index (χ1v) is 7.80.